The lowest BCUT2D eigenvalue weighted by Gasteiger charge is -2.36. The highest BCUT2D eigenvalue weighted by atomic mass is 16.5. The molecule has 1 heterocycles. The summed E-state index contributed by atoms with van der Waals surface area (Å²) in [6, 6.07) is -0.0846. The Bertz CT molecular complexity index is 200. The lowest BCUT2D eigenvalue weighted by Crippen LogP contribution is -2.47. The minimum Gasteiger partial charge on any atom is -0.468 e. The van der Waals surface area contributed by atoms with Crippen LogP contribution < -0.4 is 5.32 Å². The van der Waals surface area contributed by atoms with Crippen LogP contribution in [0.1, 0.15) is 33.6 Å². The van der Waals surface area contributed by atoms with Gasteiger partial charge in [-0.2, -0.15) is 0 Å². The molecule has 2 unspecified atom stereocenters. The molecule has 0 spiro atoms. The molecular weight excluding hydrogens is 178 g/mol. The van der Waals surface area contributed by atoms with Crippen molar-refractivity contribution >= 4 is 5.97 Å². The van der Waals surface area contributed by atoms with Crippen molar-refractivity contribution in [2.75, 3.05) is 13.7 Å². The first kappa shape index (κ1) is 11.5. The fourth-order valence-electron chi connectivity index (χ4n) is 1.94. The van der Waals surface area contributed by atoms with E-state index in [1.807, 2.05) is 0 Å². The molecule has 0 aromatic carbocycles. The molecule has 0 aromatic heterocycles. The molecule has 1 N–H and O–H groups in total. The molecule has 2 atom stereocenters. The predicted octanol–water partition coefficient (Wildman–Crippen LogP) is 1.57. The maximum atomic E-state index is 11.2. The number of carbonyl (C=O) groups is 1. The minimum atomic E-state index is -0.127. The number of nitrogens with one attached hydrogen (secondary N) is 1. The van der Waals surface area contributed by atoms with Gasteiger partial charge in [-0.3, -0.25) is 4.79 Å². The van der Waals surface area contributed by atoms with Crippen LogP contribution in [0.2, 0.25) is 0 Å². The first-order valence-corrected chi connectivity index (χ1v) is 5.26. The van der Waals surface area contributed by atoms with Gasteiger partial charge in [-0.15, -0.1) is 0 Å². The van der Waals surface area contributed by atoms with Gasteiger partial charge in [0.1, 0.15) is 6.04 Å². The van der Waals surface area contributed by atoms with E-state index in [1.54, 1.807) is 0 Å². The Kier molecular flexibility index (Phi) is 3.53. The zero-order valence-corrected chi connectivity index (χ0v) is 9.59. The zero-order chi connectivity index (χ0) is 10.8. The van der Waals surface area contributed by atoms with Crippen LogP contribution in [0, 0.1) is 11.3 Å². The Morgan fingerprint density at radius 2 is 2.00 bits per heavy atom. The highest BCUT2D eigenvalue weighted by molar-refractivity contribution is 5.75. The van der Waals surface area contributed by atoms with Crippen molar-refractivity contribution in [1.82, 2.24) is 5.32 Å². The third-order valence-corrected chi connectivity index (χ3v) is 3.12. The molecule has 1 saturated heterocycles. The van der Waals surface area contributed by atoms with E-state index in [2.05, 4.69) is 26.1 Å². The van der Waals surface area contributed by atoms with Crippen LogP contribution in [0.25, 0.3) is 0 Å². The smallest absolute Gasteiger partial charge is 0.322 e. The summed E-state index contributed by atoms with van der Waals surface area (Å²) >= 11 is 0. The summed E-state index contributed by atoms with van der Waals surface area (Å²) in [5, 5.41) is 3.25. The number of carbonyl (C=O) groups excluding carboxylic acids is 1. The number of esters is 1. The SMILES string of the molecule is COC(=O)C1CCC(C(C)(C)C)CN1. The van der Waals surface area contributed by atoms with Crippen molar-refractivity contribution in [3.8, 4) is 0 Å². The van der Waals surface area contributed by atoms with E-state index < -0.39 is 0 Å². The highest BCUT2D eigenvalue weighted by Crippen LogP contribution is 2.31. The van der Waals surface area contributed by atoms with Crippen molar-refractivity contribution in [1.29, 1.82) is 0 Å². The number of rotatable bonds is 1. The van der Waals surface area contributed by atoms with Gasteiger partial charge in [0.25, 0.3) is 0 Å². The van der Waals surface area contributed by atoms with Crippen molar-refractivity contribution in [2.45, 2.75) is 39.7 Å². The van der Waals surface area contributed by atoms with Gasteiger partial charge < -0.3 is 10.1 Å². The normalized spacial score (nSPS) is 28.6. The molecule has 3 heteroatoms. The van der Waals surface area contributed by atoms with E-state index in [0.29, 0.717) is 11.3 Å². The Labute approximate surface area is 86.2 Å². The lowest BCUT2D eigenvalue weighted by atomic mass is 9.75. The van der Waals surface area contributed by atoms with Gasteiger partial charge in [0.05, 0.1) is 7.11 Å². The van der Waals surface area contributed by atoms with Gasteiger partial charge in [0.2, 0.25) is 0 Å². The molecule has 0 aromatic rings. The Morgan fingerprint density at radius 1 is 1.36 bits per heavy atom. The summed E-state index contributed by atoms with van der Waals surface area (Å²) in [7, 11) is 1.44. The van der Waals surface area contributed by atoms with Crippen LogP contribution in [-0.2, 0) is 9.53 Å². The van der Waals surface area contributed by atoms with Crippen LogP contribution in [0.5, 0.6) is 0 Å². The van der Waals surface area contributed by atoms with Gasteiger partial charge >= 0.3 is 5.97 Å². The van der Waals surface area contributed by atoms with Crippen LogP contribution in [0.3, 0.4) is 0 Å². The summed E-state index contributed by atoms with van der Waals surface area (Å²) in [4.78, 5) is 11.2. The molecule has 0 saturated carbocycles. The van der Waals surface area contributed by atoms with Crippen LogP contribution in [-0.4, -0.2) is 25.7 Å². The summed E-state index contributed by atoms with van der Waals surface area (Å²) in [6.45, 7) is 7.66. The quantitative estimate of drug-likeness (QED) is 0.651. The van der Waals surface area contributed by atoms with Gasteiger partial charge in [-0.05, 0) is 30.7 Å². The molecular formula is C11H21NO2. The molecule has 14 heavy (non-hydrogen) atoms. The van der Waals surface area contributed by atoms with E-state index in [-0.39, 0.29) is 12.0 Å². The van der Waals surface area contributed by atoms with Crippen LogP contribution >= 0.6 is 0 Å². The first-order chi connectivity index (χ1) is 6.45. The van der Waals surface area contributed by atoms with Crippen LogP contribution in [0.15, 0.2) is 0 Å². The van der Waals surface area contributed by atoms with E-state index in [1.165, 1.54) is 7.11 Å². The molecule has 1 aliphatic rings. The minimum absolute atomic E-state index is 0.0846. The predicted molar refractivity (Wildman–Crippen MR) is 56.0 cm³/mol. The van der Waals surface area contributed by atoms with E-state index in [4.69, 9.17) is 4.74 Å². The number of piperidine rings is 1. The van der Waals surface area contributed by atoms with Crippen LogP contribution in [0.4, 0.5) is 0 Å². The topological polar surface area (TPSA) is 38.3 Å². The average molecular weight is 199 g/mol. The molecule has 1 rings (SSSR count). The zero-order valence-electron chi connectivity index (χ0n) is 9.59. The molecule has 0 amide bonds. The molecule has 0 radical (unpaired) electrons. The van der Waals surface area contributed by atoms with E-state index in [9.17, 15) is 4.79 Å². The van der Waals surface area contributed by atoms with E-state index in [0.717, 1.165) is 19.4 Å². The monoisotopic (exact) mass is 199 g/mol. The third kappa shape index (κ3) is 2.71. The summed E-state index contributed by atoms with van der Waals surface area (Å²) in [5.74, 6) is 0.528. The maximum absolute atomic E-state index is 11.2. The average Bonchev–Trinajstić information content (AvgIpc) is 2.15. The van der Waals surface area contributed by atoms with Gasteiger partial charge in [-0.1, -0.05) is 20.8 Å². The fourth-order valence-corrected chi connectivity index (χ4v) is 1.94. The molecule has 1 fully saturated rings. The second-order valence-electron chi connectivity index (χ2n) is 5.12. The van der Waals surface area contributed by atoms with Gasteiger partial charge in [0, 0.05) is 0 Å². The Morgan fingerprint density at radius 3 is 2.36 bits per heavy atom. The molecule has 3 nitrogen and oxygen atoms in total. The number of hydrogen-bond acceptors (Lipinski definition) is 3. The summed E-state index contributed by atoms with van der Waals surface area (Å²) in [6.07, 6.45) is 2.00. The van der Waals surface area contributed by atoms with E-state index >= 15 is 0 Å². The van der Waals surface area contributed by atoms with Crippen molar-refractivity contribution < 1.29 is 9.53 Å². The Hall–Kier alpha value is -0.570. The fraction of sp³-hybridized carbons (Fsp3) is 0.909. The summed E-state index contributed by atoms with van der Waals surface area (Å²) in [5.41, 5.74) is 0.327. The van der Waals surface area contributed by atoms with Gasteiger partial charge in [-0.25, -0.2) is 0 Å². The van der Waals surface area contributed by atoms with Crippen molar-refractivity contribution in [2.24, 2.45) is 11.3 Å². The van der Waals surface area contributed by atoms with Crippen molar-refractivity contribution in [3.63, 3.8) is 0 Å². The van der Waals surface area contributed by atoms with Gasteiger partial charge in [0.15, 0.2) is 0 Å². The highest BCUT2D eigenvalue weighted by Gasteiger charge is 2.32. The molecule has 1 aliphatic heterocycles. The second kappa shape index (κ2) is 4.30. The van der Waals surface area contributed by atoms with Crippen molar-refractivity contribution in [3.05, 3.63) is 0 Å². The largest absolute Gasteiger partial charge is 0.468 e. The number of hydrogen-bond donors (Lipinski definition) is 1. The lowest BCUT2D eigenvalue weighted by molar-refractivity contribution is -0.144. The standard InChI is InChI=1S/C11H21NO2/c1-11(2,3)8-5-6-9(12-7-8)10(13)14-4/h8-9,12H,5-7H2,1-4H3. The molecule has 0 aliphatic carbocycles. The maximum Gasteiger partial charge on any atom is 0.322 e. The first-order valence-electron chi connectivity index (χ1n) is 5.26. The molecule has 0 bridgehead atoms. The number of methoxy groups -OCH3 is 1. The third-order valence-electron chi connectivity index (χ3n) is 3.12. The summed E-state index contributed by atoms with van der Waals surface area (Å²) < 4.78 is 4.71. The molecule has 82 valence electrons. The second-order valence-corrected chi connectivity index (χ2v) is 5.12. The number of ether oxygens (including phenoxy) is 1. The Balaban J connectivity index is 2.43.